The molecule has 0 saturated carbocycles. The standard InChI is InChI=1S/C25H20F3N3O4S/c1-15-20-22(36-21(15)24(34)35-11-10-16-6-3-2-4-7-16)29-14-31(23(20)33)13-19(32)30-18-9-5-8-17(12-18)25(26,27)28/h2-9,12,14H,10-11,13H2,1H3,(H,30,32). The molecule has 11 heteroatoms. The summed E-state index contributed by atoms with van der Waals surface area (Å²) in [5, 5.41) is 2.54. The fraction of sp³-hybridized carbons (Fsp3) is 0.200. The molecule has 0 spiro atoms. The number of hydrogen-bond acceptors (Lipinski definition) is 6. The van der Waals surface area contributed by atoms with E-state index in [4.69, 9.17) is 4.74 Å². The van der Waals surface area contributed by atoms with E-state index in [0.717, 1.165) is 39.9 Å². The summed E-state index contributed by atoms with van der Waals surface area (Å²) < 4.78 is 45.1. The van der Waals surface area contributed by atoms with Gasteiger partial charge in [0.2, 0.25) is 5.91 Å². The maximum absolute atomic E-state index is 13.0. The van der Waals surface area contributed by atoms with Crippen LogP contribution in [-0.4, -0.2) is 28.0 Å². The number of thiophene rings is 1. The summed E-state index contributed by atoms with van der Waals surface area (Å²) in [5.74, 6) is -1.27. The number of ether oxygens (including phenoxy) is 1. The molecule has 0 atom stereocenters. The van der Waals surface area contributed by atoms with E-state index in [0.29, 0.717) is 16.8 Å². The Morgan fingerprint density at radius 2 is 1.86 bits per heavy atom. The van der Waals surface area contributed by atoms with E-state index in [2.05, 4.69) is 10.3 Å². The Balaban J connectivity index is 1.47. The third-order valence-electron chi connectivity index (χ3n) is 5.36. The predicted octanol–water partition coefficient (Wildman–Crippen LogP) is 4.82. The molecular formula is C25H20F3N3O4S. The van der Waals surface area contributed by atoms with Crippen molar-refractivity contribution in [3.63, 3.8) is 0 Å². The lowest BCUT2D eigenvalue weighted by Crippen LogP contribution is -2.28. The molecular weight excluding hydrogens is 495 g/mol. The van der Waals surface area contributed by atoms with Crippen molar-refractivity contribution < 1.29 is 27.5 Å². The molecule has 4 aromatic rings. The number of anilines is 1. The zero-order valence-corrected chi connectivity index (χ0v) is 19.8. The highest BCUT2D eigenvalue weighted by Crippen LogP contribution is 2.31. The van der Waals surface area contributed by atoms with Crippen molar-refractivity contribution in [2.45, 2.75) is 26.1 Å². The quantitative estimate of drug-likeness (QED) is 0.357. The number of carbonyl (C=O) groups excluding carboxylic acids is 2. The van der Waals surface area contributed by atoms with Crippen LogP contribution in [-0.2, 0) is 28.7 Å². The number of fused-ring (bicyclic) bond motifs is 1. The molecule has 0 aliphatic rings. The molecule has 1 N–H and O–H groups in total. The fourth-order valence-electron chi connectivity index (χ4n) is 3.57. The molecule has 0 radical (unpaired) electrons. The van der Waals surface area contributed by atoms with Crippen LogP contribution in [0.5, 0.6) is 0 Å². The first-order valence-corrected chi connectivity index (χ1v) is 11.6. The first kappa shape index (κ1) is 25.1. The normalized spacial score (nSPS) is 11.4. The Hall–Kier alpha value is -3.99. The molecule has 2 aromatic heterocycles. The van der Waals surface area contributed by atoms with E-state index < -0.39 is 35.7 Å². The monoisotopic (exact) mass is 515 g/mol. The minimum absolute atomic E-state index is 0.0517. The van der Waals surface area contributed by atoms with Crippen molar-refractivity contribution in [1.29, 1.82) is 0 Å². The lowest BCUT2D eigenvalue weighted by molar-refractivity contribution is -0.137. The van der Waals surface area contributed by atoms with Crippen molar-refractivity contribution in [2.24, 2.45) is 0 Å². The van der Waals surface area contributed by atoms with E-state index in [1.807, 2.05) is 30.3 Å². The summed E-state index contributed by atoms with van der Waals surface area (Å²) in [6.07, 6.45) is -2.84. The highest BCUT2D eigenvalue weighted by molar-refractivity contribution is 7.20. The van der Waals surface area contributed by atoms with Gasteiger partial charge in [-0.3, -0.25) is 14.2 Å². The highest BCUT2D eigenvalue weighted by atomic mass is 32.1. The van der Waals surface area contributed by atoms with Gasteiger partial charge in [0.15, 0.2) is 0 Å². The molecule has 0 aliphatic carbocycles. The number of carbonyl (C=O) groups is 2. The number of nitrogens with one attached hydrogen (secondary N) is 1. The second-order valence-electron chi connectivity index (χ2n) is 7.91. The second kappa shape index (κ2) is 10.3. The second-order valence-corrected chi connectivity index (χ2v) is 8.91. The lowest BCUT2D eigenvalue weighted by atomic mass is 10.2. The van der Waals surface area contributed by atoms with E-state index in [1.54, 1.807) is 6.92 Å². The largest absolute Gasteiger partial charge is 0.461 e. The molecule has 2 heterocycles. The number of aryl methyl sites for hydroxylation is 1. The average Bonchev–Trinajstić information content (AvgIpc) is 3.18. The summed E-state index contributed by atoms with van der Waals surface area (Å²) in [4.78, 5) is 42.8. The van der Waals surface area contributed by atoms with Crippen LogP contribution in [0.15, 0.2) is 65.7 Å². The van der Waals surface area contributed by atoms with E-state index in [1.165, 1.54) is 12.1 Å². The summed E-state index contributed by atoms with van der Waals surface area (Å²) >= 11 is 1.02. The number of rotatable bonds is 7. The first-order chi connectivity index (χ1) is 17.1. The summed E-state index contributed by atoms with van der Waals surface area (Å²) in [6.45, 7) is 1.30. The minimum atomic E-state index is -4.55. The van der Waals surface area contributed by atoms with Crippen molar-refractivity contribution in [1.82, 2.24) is 9.55 Å². The number of alkyl halides is 3. The minimum Gasteiger partial charge on any atom is -0.461 e. The summed E-state index contributed by atoms with van der Waals surface area (Å²) in [7, 11) is 0. The van der Waals surface area contributed by atoms with Gasteiger partial charge in [0, 0.05) is 12.1 Å². The maximum Gasteiger partial charge on any atom is 0.416 e. The molecule has 36 heavy (non-hydrogen) atoms. The third kappa shape index (κ3) is 5.62. The fourth-order valence-corrected chi connectivity index (χ4v) is 4.60. The first-order valence-electron chi connectivity index (χ1n) is 10.8. The van der Waals surface area contributed by atoms with Crippen LogP contribution in [0.3, 0.4) is 0 Å². The number of hydrogen-bond donors (Lipinski definition) is 1. The molecule has 0 unspecified atom stereocenters. The van der Waals surface area contributed by atoms with Crippen molar-refractivity contribution in [2.75, 3.05) is 11.9 Å². The molecule has 0 bridgehead atoms. The zero-order chi connectivity index (χ0) is 25.9. The predicted molar refractivity (Wildman–Crippen MR) is 129 cm³/mol. The molecule has 7 nitrogen and oxygen atoms in total. The Bertz CT molecular complexity index is 1480. The molecule has 4 rings (SSSR count). The summed E-state index contributed by atoms with van der Waals surface area (Å²) in [5.41, 5.74) is -0.0887. The molecule has 186 valence electrons. The van der Waals surface area contributed by atoms with Gasteiger partial charge in [0.05, 0.1) is 23.9 Å². The van der Waals surface area contributed by atoms with Gasteiger partial charge >= 0.3 is 12.1 Å². The van der Waals surface area contributed by atoms with Gasteiger partial charge < -0.3 is 10.1 Å². The number of benzene rings is 2. The van der Waals surface area contributed by atoms with Crippen LogP contribution < -0.4 is 10.9 Å². The van der Waals surface area contributed by atoms with E-state index >= 15 is 0 Å². The molecule has 2 aromatic carbocycles. The lowest BCUT2D eigenvalue weighted by Gasteiger charge is -2.10. The van der Waals surface area contributed by atoms with Gasteiger partial charge in [-0.05, 0) is 36.2 Å². The molecule has 0 saturated heterocycles. The van der Waals surface area contributed by atoms with Crippen LogP contribution in [0.25, 0.3) is 10.2 Å². The molecule has 0 aliphatic heterocycles. The number of nitrogens with zero attached hydrogens (tertiary/aromatic N) is 2. The molecule has 1 amide bonds. The van der Waals surface area contributed by atoms with Gasteiger partial charge in [-0.15, -0.1) is 11.3 Å². The van der Waals surface area contributed by atoms with Gasteiger partial charge in [-0.1, -0.05) is 36.4 Å². The van der Waals surface area contributed by atoms with Crippen LogP contribution >= 0.6 is 11.3 Å². The van der Waals surface area contributed by atoms with Gasteiger partial charge in [0.25, 0.3) is 5.56 Å². The Kier molecular flexibility index (Phi) is 7.20. The van der Waals surface area contributed by atoms with Gasteiger partial charge in [0.1, 0.15) is 16.3 Å². The number of aromatic nitrogens is 2. The van der Waals surface area contributed by atoms with E-state index in [9.17, 15) is 27.6 Å². The van der Waals surface area contributed by atoms with Crippen LogP contribution in [0, 0.1) is 6.92 Å². The van der Waals surface area contributed by atoms with Gasteiger partial charge in [-0.2, -0.15) is 13.2 Å². The van der Waals surface area contributed by atoms with Crippen molar-refractivity contribution in [3.8, 4) is 0 Å². The van der Waals surface area contributed by atoms with Crippen molar-refractivity contribution in [3.05, 3.63) is 92.8 Å². The van der Waals surface area contributed by atoms with Crippen LogP contribution in [0.4, 0.5) is 18.9 Å². The van der Waals surface area contributed by atoms with Crippen LogP contribution in [0.1, 0.15) is 26.4 Å². The molecule has 0 fully saturated rings. The Labute approximate surface area is 207 Å². The average molecular weight is 516 g/mol. The smallest absolute Gasteiger partial charge is 0.416 e. The maximum atomic E-state index is 13.0. The Morgan fingerprint density at radius 3 is 2.58 bits per heavy atom. The van der Waals surface area contributed by atoms with Gasteiger partial charge in [-0.25, -0.2) is 9.78 Å². The number of halogens is 3. The topological polar surface area (TPSA) is 90.3 Å². The number of esters is 1. The third-order valence-corrected chi connectivity index (χ3v) is 6.54. The SMILES string of the molecule is Cc1c(C(=O)OCCc2ccccc2)sc2ncn(CC(=O)Nc3cccc(C(F)(F)F)c3)c(=O)c12. The highest BCUT2D eigenvalue weighted by Gasteiger charge is 2.30. The number of amides is 1. The van der Waals surface area contributed by atoms with E-state index in [-0.39, 0.29) is 22.6 Å². The summed E-state index contributed by atoms with van der Waals surface area (Å²) in [6, 6.07) is 13.7. The Morgan fingerprint density at radius 1 is 1.11 bits per heavy atom. The van der Waals surface area contributed by atoms with Crippen molar-refractivity contribution >= 4 is 39.1 Å². The zero-order valence-electron chi connectivity index (χ0n) is 19.0. The van der Waals surface area contributed by atoms with Crippen LogP contribution in [0.2, 0.25) is 0 Å².